The number of aromatic nitrogens is 1. The molecule has 5 nitrogen and oxygen atoms in total. The summed E-state index contributed by atoms with van der Waals surface area (Å²) in [6.07, 6.45) is 1.59. The van der Waals surface area contributed by atoms with Crippen molar-refractivity contribution in [2.45, 2.75) is 0 Å². The van der Waals surface area contributed by atoms with Crippen LogP contribution in [-0.2, 0) is 0 Å². The molecule has 0 aliphatic carbocycles. The lowest BCUT2D eigenvalue weighted by molar-refractivity contribution is 0.0951. The molecule has 0 unspecified atom stereocenters. The largest absolute Gasteiger partial charge is 0.383 e. The molecule has 0 fully saturated rings. The average molecular weight is 396 g/mol. The third-order valence-corrected chi connectivity index (χ3v) is 4.45. The maximum absolute atomic E-state index is 13.6. The number of amides is 1. The molecule has 0 spiro atoms. The fourth-order valence-corrected chi connectivity index (χ4v) is 2.86. The van der Waals surface area contributed by atoms with Crippen LogP contribution in [-0.4, -0.2) is 43.0 Å². The number of carbonyl (C=O) groups excluding carboxylic acids is 1. The topological polar surface area (TPSA) is 71.2 Å². The quantitative estimate of drug-likeness (QED) is 0.668. The van der Waals surface area contributed by atoms with Crippen LogP contribution in [0, 0.1) is 11.6 Å². The molecule has 0 bridgehead atoms. The smallest absolute Gasteiger partial charge is 0.251 e. The second kappa shape index (κ2) is 8.79. The van der Waals surface area contributed by atoms with Gasteiger partial charge in [-0.15, -0.1) is 0 Å². The van der Waals surface area contributed by atoms with Gasteiger partial charge in [0.2, 0.25) is 0 Å². The van der Waals surface area contributed by atoms with Gasteiger partial charge >= 0.3 is 0 Å². The Morgan fingerprint density at radius 1 is 1.03 bits per heavy atom. The Bertz CT molecular complexity index is 1040. The summed E-state index contributed by atoms with van der Waals surface area (Å²) in [7, 11) is 3.87. The number of anilines is 1. The number of hydrogen-bond acceptors (Lipinski definition) is 4. The highest BCUT2D eigenvalue weighted by Crippen LogP contribution is 2.30. The molecule has 150 valence electrons. The molecular weight excluding hydrogens is 374 g/mol. The van der Waals surface area contributed by atoms with Gasteiger partial charge in [-0.1, -0.05) is 18.2 Å². The van der Waals surface area contributed by atoms with E-state index in [2.05, 4.69) is 10.3 Å². The molecule has 1 heterocycles. The average Bonchev–Trinajstić information content (AvgIpc) is 2.70. The zero-order valence-electron chi connectivity index (χ0n) is 16.2. The number of nitrogens with two attached hydrogens (primary N) is 1. The first kappa shape index (κ1) is 20.4. The summed E-state index contributed by atoms with van der Waals surface area (Å²) >= 11 is 0. The van der Waals surface area contributed by atoms with Crippen molar-refractivity contribution < 1.29 is 13.6 Å². The van der Waals surface area contributed by atoms with E-state index >= 15 is 0 Å². The molecule has 1 aromatic heterocycles. The highest BCUT2D eigenvalue weighted by atomic mass is 19.2. The fourth-order valence-electron chi connectivity index (χ4n) is 2.86. The van der Waals surface area contributed by atoms with E-state index in [1.807, 2.05) is 25.1 Å². The number of nitrogen functional groups attached to an aromatic ring is 1. The van der Waals surface area contributed by atoms with E-state index in [-0.39, 0.29) is 11.7 Å². The third kappa shape index (κ3) is 4.94. The van der Waals surface area contributed by atoms with Crippen molar-refractivity contribution in [2.24, 2.45) is 0 Å². The summed E-state index contributed by atoms with van der Waals surface area (Å²) < 4.78 is 26.9. The Hall–Kier alpha value is -3.32. The second-order valence-corrected chi connectivity index (χ2v) is 6.93. The SMILES string of the molecule is CN(C)CCNC(=O)c1cccc(-c2cnc(N)c(-c3ccc(F)c(F)c3)c2)c1. The minimum absolute atomic E-state index is 0.169. The van der Waals surface area contributed by atoms with E-state index in [0.29, 0.717) is 28.8 Å². The Morgan fingerprint density at radius 2 is 1.83 bits per heavy atom. The number of nitrogens with one attached hydrogen (secondary N) is 1. The van der Waals surface area contributed by atoms with Crippen molar-refractivity contribution in [1.82, 2.24) is 15.2 Å². The second-order valence-electron chi connectivity index (χ2n) is 6.93. The zero-order chi connectivity index (χ0) is 21.0. The first-order valence-corrected chi connectivity index (χ1v) is 9.09. The van der Waals surface area contributed by atoms with E-state index in [1.54, 1.807) is 30.5 Å². The number of hydrogen-bond donors (Lipinski definition) is 2. The Morgan fingerprint density at radius 3 is 2.55 bits per heavy atom. The number of carbonyl (C=O) groups is 1. The minimum atomic E-state index is -0.955. The van der Waals surface area contributed by atoms with Crippen molar-refractivity contribution in [3.63, 3.8) is 0 Å². The van der Waals surface area contributed by atoms with Crippen LogP contribution in [0.4, 0.5) is 14.6 Å². The van der Waals surface area contributed by atoms with Gasteiger partial charge in [0.05, 0.1) is 0 Å². The van der Waals surface area contributed by atoms with Gasteiger partial charge in [-0.3, -0.25) is 4.79 Å². The molecule has 3 aromatic rings. The van der Waals surface area contributed by atoms with E-state index in [1.165, 1.54) is 6.07 Å². The standard InChI is InChI=1S/C22H22F2N4O/c1-28(2)9-8-26-22(29)16-5-3-4-14(10-16)17-11-18(21(25)27-13-17)15-6-7-19(23)20(24)12-15/h3-7,10-13H,8-9H2,1-2H3,(H2,25,27)(H,26,29). The molecule has 0 aliphatic rings. The van der Waals surface area contributed by atoms with Crippen LogP contribution in [0.25, 0.3) is 22.3 Å². The van der Waals surface area contributed by atoms with Crippen molar-refractivity contribution in [3.05, 3.63) is 71.9 Å². The van der Waals surface area contributed by atoms with Crippen LogP contribution < -0.4 is 11.1 Å². The molecule has 0 saturated heterocycles. The Balaban J connectivity index is 1.89. The lowest BCUT2D eigenvalue weighted by Gasteiger charge is -2.12. The summed E-state index contributed by atoms with van der Waals surface area (Å²) in [5.74, 6) is -1.84. The molecule has 3 N–H and O–H groups in total. The lowest BCUT2D eigenvalue weighted by atomic mass is 9.99. The van der Waals surface area contributed by atoms with Gasteiger partial charge in [0.15, 0.2) is 11.6 Å². The summed E-state index contributed by atoms with van der Waals surface area (Å²) in [4.78, 5) is 18.5. The van der Waals surface area contributed by atoms with Gasteiger partial charge in [-0.2, -0.15) is 0 Å². The molecule has 0 radical (unpaired) electrons. The van der Waals surface area contributed by atoms with E-state index in [4.69, 9.17) is 5.73 Å². The number of pyridine rings is 1. The van der Waals surface area contributed by atoms with Crippen LogP contribution in [0.5, 0.6) is 0 Å². The predicted molar refractivity (Wildman–Crippen MR) is 110 cm³/mol. The molecule has 2 aromatic carbocycles. The van der Waals surface area contributed by atoms with Gasteiger partial charge in [0, 0.05) is 36.0 Å². The number of benzene rings is 2. The number of likely N-dealkylation sites (N-methyl/N-ethyl adjacent to an activating group) is 1. The summed E-state index contributed by atoms with van der Waals surface area (Å²) in [5, 5.41) is 2.87. The van der Waals surface area contributed by atoms with Crippen LogP contribution in [0.15, 0.2) is 54.7 Å². The summed E-state index contributed by atoms with van der Waals surface area (Å²) in [6.45, 7) is 1.28. The zero-order valence-corrected chi connectivity index (χ0v) is 16.2. The number of rotatable bonds is 6. The van der Waals surface area contributed by atoms with E-state index in [0.717, 1.165) is 24.2 Å². The number of halogens is 2. The first-order chi connectivity index (χ1) is 13.8. The maximum atomic E-state index is 13.6. The van der Waals surface area contributed by atoms with Gasteiger partial charge < -0.3 is 16.0 Å². The van der Waals surface area contributed by atoms with Crippen LogP contribution in [0.2, 0.25) is 0 Å². The molecule has 0 atom stereocenters. The van der Waals surface area contributed by atoms with Crippen molar-refractivity contribution in [2.75, 3.05) is 32.9 Å². The van der Waals surface area contributed by atoms with E-state index < -0.39 is 11.6 Å². The van der Waals surface area contributed by atoms with E-state index in [9.17, 15) is 13.6 Å². The van der Waals surface area contributed by atoms with Crippen molar-refractivity contribution in [3.8, 4) is 22.3 Å². The monoisotopic (exact) mass is 396 g/mol. The molecule has 1 amide bonds. The number of nitrogens with zero attached hydrogens (tertiary/aromatic N) is 2. The third-order valence-electron chi connectivity index (χ3n) is 4.45. The molecule has 29 heavy (non-hydrogen) atoms. The summed E-state index contributed by atoms with van der Waals surface area (Å²) in [6, 6.07) is 12.4. The molecule has 3 rings (SSSR count). The Labute approximate surface area is 168 Å². The molecule has 0 saturated carbocycles. The molecular formula is C22H22F2N4O. The van der Waals surface area contributed by atoms with Crippen molar-refractivity contribution >= 4 is 11.7 Å². The molecule has 7 heteroatoms. The van der Waals surface area contributed by atoms with Gasteiger partial charge in [0.1, 0.15) is 5.82 Å². The van der Waals surface area contributed by atoms with Crippen LogP contribution >= 0.6 is 0 Å². The lowest BCUT2D eigenvalue weighted by Crippen LogP contribution is -2.31. The van der Waals surface area contributed by atoms with Crippen molar-refractivity contribution in [1.29, 1.82) is 0 Å². The van der Waals surface area contributed by atoms with Crippen LogP contribution in [0.1, 0.15) is 10.4 Å². The summed E-state index contributed by atoms with van der Waals surface area (Å²) in [5.41, 5.74) is 8.86. The van der Waals surface area contributed by atoms with Gasteiger partial charge in [0.25, 0.3) is 5.91 Å². The maximum Gasteiger partial charge on any atom is 0.251 e. The van der Waals surface area contributed by atoms with Gasteiger partial charge in [-0.05, 0) is 55.6 Å². The fraction of sp³-hybridized carbons (Fsp3) is 0.182. The predicted octanol–water partition coefficient (Wildman–Crippen LogP) is 3.57. The normalized spacial score (nSPS) is 10.9. The minimum Gasteiger partial charge on any atom is -0.383 e. The van der Waals surface area contributed by atoms with Gasteiger partial charge in [-0.25, -0.2) is 13.8 Å². The highest BCUT2D eigenvalue weighted by molar-refractivity contribution is 5.95. The van der Waals surface area contributed by atoms with Crippen LogP contribution in [0.3, 0.4) is 0 Å². The molecule has 0 aliphatic heterocycles. The Kier molecular flexibility index (Phi) is 6.19. The highest BCUT2D eigenvalue weighted by Gasteiger charge is 2.12. The first-order valence-electron chi connectivity index (χ1n) is 9.09.